The Morgan fingerprint density at radius 1 is 1.38 bits per heavy atom. The van der Waals surface area contributed by atoms with Crippen molar-refractivity contribution in [3.8, 4) is 0 Å². The Balaban J connectivity index is 2.52. The zero-order valence-electron chi connectivity index (χ0n) is 9.30. The standard InChI is InChI=1S/C11H23NO/c1-8(2)9-5-6-12-10(7-9)11(3,4)13/h8-10,12-13H,5-7H2,1-4H3. The summed E-state index contributed by atoms with van der Waals surface area (Å²) in [6.45, 7) is 9.40. The highest BCUT2D eigenvalue weighted by Crippen LogP contribution is 2.28. The second-order valence-electron chi connectivity index (χ2n) is 5.19. The Hall–Kier alpha value is -0.0800. The molecule has 1 aliphatic heterocycles. The van der Waals surface area contributed by atoms with E-state index in [9.17, 15) is 5.11 Å². The van der Waals surface area contributed by atoms with Gasteiger partial charge in [0.05, 0.1) is 5.60 Å². The van der Waals surface area contributed by atoms with Gasteiger partial charge in [0.15, 0.2) is 0 Å². The lowest BCUT2D eigenvalue weighted by Crippen LogP contribution is -2.51. The number of hydrogen-bond acceptors (Lipinski definition) is 2. The molecule has 0 aromatic rings. The first-order chi connectivity index (χ1) is 5.91. The van der Waals surface area contributed by atoms with E-state index in [4.69, 9.17) is 0 Å². The number of rotatable bonds is 2. The van der Waals surface area contributed by atoms with Gasteiger partial charge in [-0.05, 0) is 45.1 Å². The van der Waals surface area contributed by atoms with Crippen molar-refractivity contribution in [2.24, 2.45) is 11.8 Å². The molecule has 13 heavy (non-hydrogen) atoms. The highest BCUT2D eigenvalue weighted by molar-refractivity contribution is 4.89. The molecule has 2 heteroatoms. The fraction of sp³-hybridized carbons (Fsp3) is 1.00. The average Bonchev–Trinajstić information content (AvgIpc) is 2.03. The highest BCUT2D eigenvalue weighted by Gasteiger charge is 2.32. The molecule has 0 bridgehead atoms. The molecule has 2 atom stereocenters. The smallest absolute Gasteiger partial charge is 0.0744 e. The molecule has 1 aliphatic rings. The van der Waals surface area contributed by atoms with Crippen LogP contribution in [0.15, 0.2) is 0 Å². The van der Waals surface area contributed by atoms with E-state index in [2.05, 4.69) is 19.2 Å². The van der Waals surface area contributed by atoms with Gasteiger partial charge in [0, 0.05) is 6.04 Å². The molecule has 0 aromatic heterocycles. The maximum atomic E-state index is 9.88. The molecule has 2 nitrogen and oxygen atoms in total. The van der Waals surface area contributed by atoms with Crippen molar-refractivity contribution in [3.05, 3.63) is 0 Å². The summed E-state index contributed by atoms with van der Waals surface area (Å²) in [6.07, 6.45) is 2.37. The van der Waals surface area contributed by atoms with Crippen molar-refractivity contribution >= 4 is 0 Å². The minimum absolute atomic E-state index is 0.272. The van der Waals surface area contributed by atoms with Crippen molar-refractivity contribution in [3.63, 3.8) is 0 Å². The van der Waals surface area contributed by atoms with E-state index in [0.717, 1.165) is 24.8 Å². The van der Waals surface area contributed by atoms with E-state index in [0.29, 0.717) is 0 Å². The van der Waals surface area contributed by atoms with Crippen LogP contribution in [0.1, 0.15) is 40.5 Å². The van der Waals surface area contributed by atoms with Crippen LogP contribution < -0.4 is 5.32 Å². The SMILES string of the molecule is CC(C)C1CCNC(C(C)(C)O)C1. The van der Waals surface area contributed by atoms with Crippen molar-refractivity contribution in [1.29, 1.82) is 0 Å². The predicted octanol–water partition coefficient (Wildman–Crippen LogP) is 1.78. The number of hydrogen-bond donors (Lipinski definition) is 2. The van der Waals surface area contributed by atoms with E-state index in [1.54, 1.807) is 0 Å². The van der Waals surface area contributed by atoms with Crippen LogP contribution in [0.3, 0.4) is 0 Å². The summed E-state index contributed by atoms with van der Waals surface area (Å²) in [6, 6.07) is 0.272. The molecule has 2 unspecified atom stereocenters. The maximum absolute atomic E-state index is 9.88. The lowest BCUT2D eigenvalue weighted by molar-refractivity contribution is 0.0139. The van der Waals surface area contributed by atoms with Crippen LogP contribution in [0.4, 0.5) is 0 Å². The summed E-state index contributed by atoms with van der Waals surface area (Å²) < 4.78 is 0. The molecule has 0 aromatic carbocycles. The summed E-state index contributed by atoms with van der Waals surface area (Å²) in [7, 11) is 0. The molecular formula is C11H23NO. The van der Waals surface area contributed by atoms with Gasteiger partial charge in [0.1, 0.15) is 0 Å². The Kier molecular flexibility index (Phi) is 3.36. The van der Waals surface area contributed by atoms with Gasteiger partial charge in [-0.3, -0.25) is 0 Å². The highest BCUT2D eigenvalue weighted by atomic mass is 16.3. The van der Waals surface area contributed by atoms with Crippen LogP contribution >= 0.6 is 0 Å². The van der Waals surface area contributed by atoms with Crippen molar-refractivity contribution < 1.29 is 5.11 Å². The summed E-state index contributed by atoms with van der Waals surface area (Å²) in [4.78, 5) is 0. The van der Waals surface area contributed by atoms with Gasteiger partial charge < -0.3 is 10.4 Å². The van der Waals surface area contributed by atoms with E-state index < -0.39 is 5.60 Å². The van der Waals surface area contributed by atoms with Gasteiger partial charge in [-0.15, -0.1) is 0 Å². The van der Waals surface area contributed by atoms with Crippen molar-refractivity contribution in [2.45, 2.75) is 52.2 Å². The molecule has 1 saturated heterocycles. The third-order valence-electron chi connectivity index (χ3n) is 3.24. The second-order valence-corrected chi connectivity index (χ2v) is 5.19. The van der Waals surface area contributed by atoms with E-state index in [-0.39, 0.29) is 6.04 Å². The topological polar surface area (TPSA) is 32.3 Å². The fourth-order valence-corrected chi connectivity index (χ4v) is 2.09. The van der Waals surface area contributed by atoms with E-state index in [1.807, 2.05) is 13.8 Å². The first kappa shape index (κ1) is 11.0. The minimum atomic E-state index is -0.576. The molecule has 0 aliphatic carbocycles. The molecule has 2 N–H and O–H groups in total. The second kappa shape index (κ2) is 3.97. The zero-order chi connectivity index (χ0) is 10.1. The third kappa shape index (κ3) is 2.96. The van der Waals surface area contributed by atoms with E-state index in [1.165, 1.54) is 6.42 Å². The van der Waals surface area contributed by atoms with E-state index >= 15 is 0 Å². The van der Waals surface area contributed by atoms with Crippen LogP contribution in [0.25, 0.3) is 0 Å². The Morgan fingerprint density at radius 2 is 2.00 bits per heavy atom. The summed E-state index contributed by atoms with van der Waals surface area (Å²) in [5, 5.41) is 13.3. The molecule has 0 radical (unpaired) electrons. The van der Waals surface area contributed by atoms with Crippen LogP contribution in [-0.2, 0) is 0 Å². The first-order valence-electron chi connectivity index (χ1n) is 5.37. The Labute approximate surface area is 81.7 Å². The molecule has 1 rings (SSSR count). The average molecular weight is 185 g/mol. The minimum Gasteiger partial charge on any atom is -0.389 e. The number of aliphatic hydroxyl groups is 1. The molecule has 0 amide bonds. The van der Waals surface area contributed by atoms with Gasteiger partial charge in [-0.1, -0.05) is 13.8 Å². The Bertz CT molecular complexity index is 160. The number of nitrogens with one attached hydrogen (secondary N) is 1. The Morgan fingerprint density at radius 3 is 2.46 bits per heavy atom. The third-order valence-corrected chi connectivity index (χ3v) is 3.24. The van der Waals surface area contributed by atoms with Gasteiger partial charge in [-0.25, -0.2) is 0 Å². The van der Waals surface area contributed by atoms with Gasteiger partial charge in [-0.2, -0.15) is 0 Å². The lowest BCUT2D eigenvalue weighted by Gasteiger charge is -2.38. The molecule has 1 heterocycles. The summed E-state index contributed by atoms with van der Waals surface area (Å²) >= 11 is 0. The fourth-order valence-electron chi connectivity index (χ4n) is 2.09. The molecular weight excluding hydrogens is 162 g/mol. The molecule has 78 valence electrons. The summed E-state index contributed by atoms with van der Waals surface area (Å²) in [5.74, 6) is 1.52. The van der Waals surface area contributed by atoms with Crippen LogP contribution in [0, 0.1) is 11.8 Å². The maximum Gasteiger partial charge on any atom is 0.0744 e. The summed E-state index contributed by atoms with van der Waals surface area (Å²) in [5.41, 5.74) is -0.576. The molecule has 0 saturated carbocycles. The van der Waals surface area contributed by atoms with Crippen molar-refractivity contribution in [1.82, 2.24) is 5.32 Å². The van der Waals surface area contributed by atoms with Crippen molar-refractivity contribution in [2.75, 3.05) is 6.54 Å². The first-order valence-corrected chi connectivity index (χ1v) is 5.37. The monoisotopic (exact) mass is 185 g/mol. The van der Waals surface area contributed by atoms with Crippen LogP contribution in [0.5, 0.6) is 0 Å². The van der Waals surface area contributed by atoms with Gasteiger partial charge in [0.2, 0.25) is 0 Å². The molecule has 1 fully saturated rings. The molecule has 0 spiro atoms. The van der Waals surface area contributed by atoms with Gasteiger partial charge in [0.25, 0.3) is 0 Å². The number of piperidine rings is 1. The predicted molar refractivity (Wildman–Crippen MR) is 55.7 cm³/mol. The largest absolute Gasteiger partial charge is 0.389 e. The quantitative estimate of drug-likeness (QED) is 0.687. The lowest BCUT2D eigenvalue weighted by atomic mass is 9.79. The zero-order valence-corrected chi connectivity index (χ0v) is 9.30. The van der Waals surface area contributed by atoms with Crippen LogP contribution in [0.2, 0.25) is 0 Å². The van der Waals surface area contributed by atoms with Gasteiger partial charge >= 0.3 is 0 Å². The normalized spacial score (nSPS) is 30.9. The van der Waals surface area contributed by atoms with Crippen LogP contribution in [-0.4, -0.2) is 23.3 Å².